The van der Waals surface area contributed by atoms with E-state index in [2.05, 4.69) is 40.8 Å². The predicted octanol–water partition coefficient (Wildman–Crippen LogP) is 3.42. The molecular weight excluding hydrogens is 254 g/mol. The zero-order chi connectivity index (χ0) is 13.2. The Hall–Kier alpha value is -1.26. The highest BCUT2D eigenvalue weighted by Crippen LogP contribution is 2.40. The molecule has 0 bridgehead atoms. The lowest BCUT2D eigenvalue weighted by Crippen LogP contribution is -2.18. The summed E-state index contributed by atoms with van der Waals surface area (Å²) in [6, 6.07) is 8.52. The van der Waals surface area contributed by atoms with Crippen LogP contribution in [0.3, 0.4) is 0 Å². The van der Waals surface area contributed by atoms with Crippen LogP contribution in [0.5, 0.6) is 0 Å². The van der Waals surface area contributed by atoms with Gasteiger partial charge in [0.1, 0.15) is 0 Å². The average molecular weight is 273 g/mol. The van der Waals surface area contributed by atoms with Crippen LogP contribution >= 0.6 is 11.5 Å². The number of benzene rings is 1. The molecule has 1 atom stereocenters. The van der Waals surface area contributed by atoms with Crippen LogP contribution in [0.4, 0.5) is 0 Å². The Morgan fingerprint density at radius 1 is 1.37 bits per heavy atom. The second kappa shape index (κ2) is 5.39. The maximum absolute atomic E-state index is 6.48. The van der Waals surface area contributed by atoms with Gasteiger partial charge in [-0.2, -0.15) is 0 Å². The van der Waals surface area contributed by atoms with Crippen LogP contribution in [-0.4, -0.2) is 9.59 Å². The van der Waals surface area contributed by atoms with Crippen molar-refractivity contribution in [3.63, 3.8) is 0 Å². The maximum Gasteiger partial charge on any atom is 0.0804 e. The standard InChI is InChI=1S/C15H19N3S/c1-2-13-15(19-18-17-13)14(16)12-9-4-3-8-11(12)10-6-5-7-10/h3-4,8-10,14H,2,5-7,16H2,1H3. The molecule has 1 aromatic carbocycles. The van der Waals surface area contributed by atoms with Crippen LogP contribution < -0.4 is 5.73 Å². The summed E-state index contributed by atoms with van der Waals surface area (Å²) < 4.78 is 4.06. The van der Waals surface area contributed by atoms with Gasteiger partial charge >= 0.3 is 0 Å². The highest BCUT2D eigenvalue weighted by molar-refractivity contribution is 7.05. The molecule has 0 amide bonds. The highest BCUT2D eigenvalue weighted by atomic mass is 32.1. The topological polar surface area (TPSA) is 51.8 Å². The molecule has 1 aliphatic rings. The van der Waals surface area contributed by atoms with Crippen LogP contribution in [0.25, 0.3) is 0 Å². The third-order valence-corrected chi connectivity index (χ3v) is 4.93. The van der Waals surface area contributed by atoms with Gasteiger partial charge in [0.25, 0.3) is 0 Å². The molecular formula is C15H19N3S. The fourth-order valence-electron chi connectivity index (χ4n) is 2.72. The minimum Gasteiger partial charge on any atom is -0.319 e. The SMILES string of the molecule is CCc1nnsc1C(N)c1ccccc1C1CCC1. The summed E-state index contributed by atoms with van der Waals surface area (Å²) in [5.74, 6) is 0.702. The van der Waals surface area contributed by atoms with Crippen molar-refractivity contribution in [3.8, 4) is 0 Å². The molecule has 1 aromatic heterocycles. The molecule has 1 heterocycles. The molecule has 100 valence electrons. The Kier molecular flexibility index (Phi) is 3.62. The zero-order valence-corrected chi connectivity index (χ0v) is 12.0. The molecule has 0 radical (unpaired) electrons. The molecule has 2 N–H and O–H groups in total. The van der Waals surface area contributed by atoms with Gasteiger partial charge in [-0.1, -0.05) is 42.1 Å². The van der Waals surface area contributed by atoms with Gasteiger partial charge in [-0.3, -0.25) is 0 Å². The van der Waals surface area contributed by atoms with Gasteiger partial charge in [-0.25, -0.2) is 0 Å². The van der Waals surface area contributed by atoms with E-state index >= 15 is 0 Å². The Morgan fingerprint density at radius 2 is 2.16 bits per heavy atom. The molecule has 2 aromatic rings. The summed E-state index contributed by atoms with van der Waals surface area (Å²) in [5.41, 5.74) is 10.2. The molecule has 19 heavy (non-hydrogen) atoms. The van der Waals surface area contributed by atoms with Crippen molar-refractivity contribution >= 4 is 11.5 Å². The van der Waals surface area contributed by atoms with Crippen molar-refractivity contribution in [3.05, 3.63) is 46.0 Å². The van der Waals surface area contributed by atoms with E-state index in [0.717, 1.165) is 17.0 Å². The fourth-order valence-corrected chi connectivity index (χ4v) is 3.48. The number of aromatic nitrogens is 2. The van der Waals surface area contributed by atoms with Crippen molar-refractivity contribution in [2.45, 2.75) is 44.6 Å². The molecule has 1 aliphatic carbocycles. The first kappa shape index (κ1) is 12.8. The average Bonchev–Trinajstić information content (AvgIpc) is 2.85. The summed E-state index contributed by atoms with van der Waals surface area (Å²) in [7, 11) is 0. The molecule has 3 rings (SSSR count). The molecule has 4 heteroatoms. The molecule has 1 saturated carbocycles. The lowest BCUT2D eigenvalue weighted by atomic mass is 9.77. The van der Waals surface area contributed by atoms with Crippen LogP contribution in [0.1, 0.15) is 59.8 Å². The van der Waals surface area contributed by atoms with Crippen LogP contribution in [0.15, 0.2) is 24.3 Å². The van der Waals surface area contributed by atoms with Gasteiger partial charge in [0.15, 0.2) is 0 Å². The first-order valence-corrected chi connectivity index (χ1v) is 7.74. The van der Waals surface area contributed by atoms with Gasteiger partial charge < -0.3 is 5.73 Å². The molecule has 0 aliphatic heterocycles. The lowest BCUT2D eigenvalue weighted by molar-refractivity contribution is 0.416. The van der Waals surface area contributed by atoms with E-state index in [1.807, 2.05) is 0 Å². The van der Waals surface area contributed by atoms with E-state index in [4.69, 9.17) is 5.73 Å². The van der Waals surface area contributed by atoms with E-state index in [9.17, 15) is 0 Å². The number of hydrogen-bond donors (Lipinski definition) is 1. The molecule has 1 fully saturated rings. The third kappa shape index (κ3) is 2.30. The van der Waals surface area contributed by atoms with Gasteiger partial charge in [-0.05, 0) is 47.8 Å². The lowest BCUT2D eigenvalue weighted by Gasteiger charge is -2.29. The summed E-state index contributed by atoms with van der Waals surface area (Å²) in [6.07, 6.45) is 4.83. The van der Waals surface area contributed by atoms with Crippen molar-refractivity contribution in [1.29, 1.82) is 0 Å². The number of hydrogen-bond acceptors (Lipinski definition) is 4. The minimum absolute atomic E-state index is 0.0771. The first-order valence-electron chi connectivity index (χ1n) is 6.96. The summed E-state index contributed by atoms with van der Waals surface area (Å²) in [6.45, 7) is 2.10. The summed E-state index contributed by atoms with van der Waals surface area (Å²) in [5, 5.41) is 4.18. The van der Waals surface area contributed by atoms with E-state index in [1.54, 1.807) is 0 Å². The van der Waals surface area contributed by atoms with Gasteiger partial charge in [0, 0.05) is 0 Å². The Morgan fingerprint density at radius 3 is 2.84 bits per heavy atom. The monoisotopic (exact) mass is 273 g/mol. The van der Waals surface area contributed by atoms with Crippen molar-refractivity contribution in [2.75, 3.05) is 0 Å². The number of aryl methyl sites for hydroxylation is 1. The quantitative estimate of drug-likeness (QED) is 0.928. The first-order chi connectivity index (χ1) is 9.31. The third-order valence-electron chi connectivity index (χ3n) is 4.08. The van der Waals surface area contributed by atoms with E-state index in [-0.39, 0.29) is 6.04 Å². The Labute approximate surface area is 118 Å². The van der Waals surface area contributed by atoms with Crippen molar-refractivity contribution in [2.24, 2.45) is 5.73 Å². The van der Waals surface area contributed by atoms with Crippen molar-refractivity contribution in [1.82, 2.24) is 9.59 Å². The van der Waals surface area contributed by atoms with E-state index < -0.39 is 0 Å². The van der Waals surface area contributed by atoms with Crippen LogP contribution in [-0.2, 0) is 6.42 Å². The smallest absolute Gasteiger partial charge is 0.0804 e. The number of nitrogens with zero attached hydrogens (tertiary/aromatic N) is 2. The van der Waals surface area contributed by atoms with E-state index in [0.29, 0.717) is 5.92 Å². The molecule has 0 saturated heterocycles. The van der Waals surface area contributed by atoms with E-state index in [1.165, 1.54) is 41.9 Å². The largest absolute Gasteiger partial charge is 0.319 e. The minimum atomic E-state index is -0.0771. The highest BCUT2D eigenvalue weighted by Gasteiger charge is 2.25. The number of nitrogens with two attached hydrogens (primary N) is 1. The second-order valence-electron chi connectivity index (χ2n) is 5.17. The predicted molar refractivity (Wildman–Crippen MR) is 78.4 cm³/mol. The second-order valence-corrected chi connectivity index (χ2v) is 5.96. The van der Waals surface area contributed by atoms with Gasteiger partial charge in [-0.15, -0.1) is 5.10 Å². The van der Waals surface area contributed by atoms with Crippen LogP contribution in [0.2, 0.25) is 0 Å². The summed E-state index contributed by atoms with van der Waals surface area (Å²) in [4.78, 5) is 1.12. The summed E-state index contributed by atoms with van der Waals surface area (Å²) >= 11 is 1.44. The Bertz CT molecular complexity index is 560. The van der Waals surface area contributed by atoms with Crippen molar-refractivity contribution < 1.29 is 0 Å². The maximum atomic E-state index is 6.48. The molecule has 0 spiro atoms. The molecule has 3 nitrogen and oxygen atoms in total. The van der Waals surface area contributed by atoms with Gasteiger partial charge in [0.2, 0.25) is 0 Å². The molecule has 1 unspecified atom stereocenters. The number of rotatable bonds is 4. The fraction of sp³-hybridized carbons (Fsp3) is 0.467. The Balaban J connectivity index is 1.97. The van der Waals surface area contributed by atoms with Gasteiger partial charge in [0.05, 0.1) is 16.6 Å². The normalized spacial score (nSPS) is 17.2. The zero-order valence-electron chi connectivity index (χ0n) is 11.2. The van der Waals surface area contributed by atoms with Crippen LogP contribution in [0, 0.1) is 0 Å².